The van der Waals surface area contributed by atoms with E-state index in [1.807, 2.05) is 19.0 Å². The number of amides is 1. The topological polar surface area (TPSA) is 70.1 Å². The summed E-state index contributed by atoms with van der Waals surface area (Å²) < 4.78 is 18.6. The molecule has 0 aliphatic carbocycles. The van der Waals surface area contributed by atoms with Crippen LogP contribution >= 0.6 is 0 Å². The minimum atomic E-state index is -0.757. The average molecular weight is 412 g/mol. The number of nitrogens with zero attached hydrogens (tertiary/aromatic N) is 2. The van der Waals surface area contributed by atoms with Crippen LogP contribution in [0.3, 0.4) is 0 Å². The molecule has 1 amide bonds. The van der Waals surface area contributed by atoms with E-state index in [0.717, 1.165) is 6.54 Å². The van der Waals surface area contributed by atoms with Gasteiger partial charge in [0.1, 0.15) is 17.3 Å². The third kappa shape index (κ3) is 4.36. The van der Waals surface area contributed by atoms with Crippen LogP contribution in [0, 0.1) is 5.82 Å². The molecule has 0 radical (unpaired) electrons. The smallest absolute Gasteiger partial charge is 0.295 e. The van der Waals surface area contributed by atoms with Crippen LogP contribution in [0.1, 0.15) is 23.6 Å². The maximum Gasteiger partial charge on any atom is 0.295 e. The number of aliphatic hydroxyl groups excluding tert-OH is 1. The summed E-state index contributed by atoms with van der Waals surface area (Å²) in [4.78, 5) is 29.2. The van der Waals surface area contributed by atoms with Gasteiger partial charge in [0, 0.05) is 12.1 Å². The predicted octanol–water partition coefficient (Wildman–Crippen LogP) is 3.21. The number of ether oxygens (including phenoxy) is 1. The number of rotatable bonds is 7. The van der Waals surface area contributed by atoms with E-state index in [0.29, 0.717) is 24.3 Å². The Morgan fingerprint density at radius 3 is 2.50 bits per heavy atom. The van der Waals surface area contributed by atoms with Crippen molar-refractivity contribution in [1.29, 1.82) is 0 Å². The fourth-order valence-corrected chi connectivity index (χ4v) is 3.59. The van der Waals surface area contributed by atoms with E-state index in [1.165, 1.54) is 36.3 Å². The van der Waals surface area contributed by atoms with Gasteiger partial charge in [-0.25, -0.2) is 4.39 Å². The minimum absolute atomic E-state index is 0.00952. The van der Waals surface area contributed by atoms with E-state index >= 15 is 0 Å². The summed E-state index contributed by atoms with van der Waals surface area (Å²) >= 11 is 0. The summed E-state index contributed by atoms with van der Waals surface area (Å²) in [6, 6.07) is 11.5. The molecule has 3 rings (SSSR count). The monoisotopic (exact) mass is 412 g/mol. The number of likely N-dealkylation sites (tertiary alicyclic amines) is 1. The van der Waals surface area contributed by atoms with E-state index in [9.17, 15) is 19.1 Å². The van der Waals surface area contributed by atoms with Crippen LogP contribution in [-0.2, 0) is 9.59 Å². The maximum atomic E-state index is 13.3. The summed E-state index contributed by atoms with van der Waals surface area (Å²) in [5, 5.41) is 10.9. The summed E-state index contributed by atoms with van der Waals surface area (Å²) in [5.41, 5.74) is 0.919. The van der Waals surface area contributed by atoms with E-state index in [-0.39, 0.29) is 16.9 Å². The average Bonchev–Trinajstić information content (AvgIpc) is 2.98. The summed E-state index contributed by atoms with van der Waals surface area (Å²) in [5.74, 6) is -1.62. The quantitative estimate of drug-likeness (QED) is 0.430. The second kappa shape index (κ2) is 9.09. The molecular formula is C23H25FN2O4. The Kier molecular flexibility index (Phi) is 6.52. The third-order valence-corrected chi connectivity index (χ3v) is 5.07. The zero-order valence-electron chi connectivity index (χ0n) is 17.3. The van der Waals surface area contributed by atoms with Crippen LogP contribution < -0.4 is 4.74 Å². The highest BCUT2D eigenvalue weighted by molar-refractivity contribution is 6.46. The van der Waals surface area contributed by atoms with Gasteiger partial charge in [-0.3, -0.25) is 9.59 Å². The lowest BCUT2D eigenvalue weighted by Crippen LogP contribution is -2.32. The van der Waals surface area contributed by atoms with E-state index in [4.69, 9.17) is 4.74 Å². The van der Waals surface area contributed by atoms with Gasteiger partial charge in [-0.05, 0) is 69.0 Å². The molecule has 0 saturated carbocycles. The Bertz CT molecular complexity index is 969. The van der Waals surface area contributed by atoms with Crippen molar-refractivity contribution in [3.05, 3.63) is 71.0 Å². The lowest BCUT2D eigenvalue weighted by atomic mass is 9.95. The van der Waals surface area contributed by atoms with Crippen LogP contribution in [0.25, 0.3) is 5.76 Å². The van der Waals surface area contributed by atoms with Crippen molar-refractivity contribution in [2.75, 3.05) is 34.3 Å². The second-order valence-corrected chi connectivity index (χ2v) is 7.43. The number of Topliss-reactive ketones (excluding diaryl/α,β-unsaturated/α-hetero) is 1. The van der Waals surface area contributed by atoms with Crippen molar-refractivity contribution >= 4 is 17.4 Å². The van der Waals surface area contributed by atoms with Crippen molar-refractivity contribution in [3.63, 3.8) is 0 Å². The molecule has 1 N–H and O–H groups in total. The van der Waals surface area contributed by atoms with Crippen LogP contribution in [0.2, 0.25) is 0 Å². The molecule has 158 valence electrons. The largest absolute Gasteiger partial charge is 0.507 e. The van der Waals surface area contributed by atoms with Gasteiger partial charge < -0.3 is 19.6 Å². The third-order valence-electron chi connectivity index (χ3n) is 5.07. The minimum Gasteiger partial charge on any atom is -0.507 e. The van der Waals surface area contributed by atoms with Crippen LogP contribution in [0.15, 0.2) is 54.1 Å². The van der Waals surface area contributed by atoms with Crippen LogP contribution in [0.4, 0.5) is 4.39 Å². The first-order chi connectivity index (χ1) is 14.3. The molecule has 1 atom stereocenters. The maximum absolute atomic E-state index is 13.3. The van der Waals surface area contributed by atoms with Crippen LogP contribution in [0.5, 0.6) is 5.75 Å². The molecule has 2 aromatic rings. The SMILES string of the molecule is COc1cccc([C@H]2C(=C(O)c3ccc(F)cc3)C(=O)C(=O)N2CCCN(C)C)c1. The van der Waals surface area contributed by atoms with Crippen molar-refractivity contribution < 1.29 is 23.8 Å². The lowest BCUT2D eigenvalue weighted by Gasteiger charge is -2.26. The second-order valence-electron chi connectivity index (χ2n) is 7.43. The van der Waals surface area contributed by atoms with Gasteiger partial charge in [0.15, 0.2) is 0 Å². The van der Waals surface area contributed by atoms with Crippen molar-refractivity contribution in [1.82, 2.24) is 9.80 Å². The first kappa shape index (κ1) is 21.5. The highest BCUT2D eigenvalue weighted by Gasteiger charge is 2.45. The zero-order valence-corrected chi connectivity index (χ0v) is 17.3. The lowest BCUT2D eigenvalue weighted by molar-refractivity contribution is -0.139. The summed E-state index contributed by atoms with van der Waals surface area (Å²) in [6.07, 6.45) is 0.664. The van der Waals surface area contributed by atoms with Gasteiger partial charge in [0.05, 0.1) is 18.7 Å². The molecule has 0 aromatic heterocycles. The Hall–Kier alpha value is -3.19. The number of carbonyl (C=O) groups is 2. The number of hydrogen-bond donors (Lipinski definition) is 1. The number of methoxy groups -OCH3 is 1. The van der Waals surface area contributed by atoms with Crippen molar-refractivity contribution in [2.24, 2.45) is 0 Å². The standard InChI is InChI=1S/C23H25FN2O4/c1-25(2)12-5-13-26-20(16-6-4-7-18(14-16)30-3)19(22(28)23(26)29)21(27)15-8-10-17(24)11-9-15/h4,6-11,14,20,27H,5,12-13H2,1-3H3/t20-/m0/s1. The zero-order chi connectivity index (χ0) is 21.8. The molecular weight excluding hydrogens is 387 g/mol. The van der Waals surface area contributed by atoms with Gasteiger partial charge in [-0.15, -0.1) is 0 Å². The fraction of sp³-hybridized carbons (Fsp3) is 0.304. The number of hydrogen-bond acceptors (Lipinski definition) is 5. The predicted molar refractivity (Wildman–Crippen MR) is 112 cm³/mol. The van der Waals surface area contributed by atoms with Gasteiger partial charge in [0.25, 0.3) is 11.7 Å². The molecule has 6 nitrogen and oxygen atoms in total. The number of benzene rings is 2. The van der Waals surface area contributed by atoms with Gasteiger partial charge in [-0.1, -0.05) is 12.1 Å². The molecule has 0 spiro atoms. The molecule has 0 unspecified atom stereocenters. The number of halogens is 1. The molecule has 1 heterocycles. The molecule has 30 heavy (non-hydrogen) atoms. The first-order valence-corrected chi connectivity index (χ1v) is 9.66. The highest BCUT2D eigenvalue weighted by atomic mass is 19.1. The molecule has 2 aromatic carbocycles. The van der Waals surface area contributed by atoms with Crippen molar-refractivity contribution in [2.45, 2.75) is 12.5 Å². The van der Waals surface area contributed by atoms with Gasteiger partial charge in [-0.2, -0.15) is 0 Å². The Balaban J connectivity index is 2.10. The molecule has 7 heteroatoms. The van der Waals surface area contributed by atoms with Crippen LogP contribution in [-0.4, -0.2) is 60.9 Å². The Morgan fingerprint density at radius 2 is 1.87 bits per heavy atom. The Labute approximate surface area is 175 Å². The summed E-state index contributed by atoms with van der Waals surface area (Å²) in [7, 11) is 5.40. The van der Waals surface area contributed by atoms with Gasteiger partial charge in [0.2, 0.25) is 0 Å². The molecule has 0 bridgehead atoms. The summed E-state index contributed by atoms with van der Waals surface area (Å²) in [6.45, 7) is 1.09. The van der Waals surface area contributed by atoms with E-state index in [2.05, 4.69) is 0 Å². The molecule has 1 saturated heterocycles. The number of aliphatic hydroxyl groups is 1. The van der Waals surface area contributed by atoms with Crippen molar-refractivity contribution in [3.8, 4) is 5.75 Å². The van der Waals surface area contributed by atoms with E-state index in [1.54, 1.807) is 24.3 Å². The first-order valence-electron chi connectivity index (χ1n) is 9.66. The molecule has 1 fully saturated rings. The fourth-order valence-electron chi connectivity index (χ4n) is 3.59. The molecule has 1 aliphatic rings. The Morgan fingerprint density at radius 1 is 1.17 bits per heavy atom. The number of carbonyl (C=O) groups excluding carboxylic acids is 2. The molecule has 1 aliphatic heterocycles. The normalized spacial score (nSPS) is 18.3. The highest BCUT2D eigenvalue weighted by Crippen LogP contribution is 2.40. The van der Waals surface area contributed by atoms with E-state index < -0.39 is 23.5 Å². The number of ketones is 1. The van der Waals surface area contributed by atoms with Gasteiger partial charge >= 0.3 is 0 Å².